The van der Waals surface area contributed by atoms with Crippen molar-refractivity contribution in [1.29, 1.82) is 0 Å². The number of amides is 1. The van der Waals surface area contributed by atoms with Gasteiger partial charge in [0, 0.05) is 19.0 Å². The Morgan fingerprint density at radius 3 is 2.37 bits per heavy atom. The first-order chi connectivity index (χ1) is 12.6. The minimum Gasteiger partial charge on any atom is -0.465 e. The topological polar surface area (TPSA) is 92.8 Å². The summed E-state index contributed by atoms with van der Waals surface area (Å²) in [5.41, 5.74) is -0.106. The molecule has 0 aliphatic carbocycles. The Hall–Kier alpha value is -2.14. The number of carbonyl (C=O) groups excluding carboxylic acids is 2. The van der Waals surface area contributed by atoms with E-state index in [1.165, 1.54) is 24.3 Å². The lowest BCUT2D eigenvalue weighted by molar-refractivity contribution is -0.141. The number of ether oxygens (including phenoxy) is 1. The summed E-state index contributed by atoms with van der Waals surface area (Å²) in [5, 5.41) is 1.82. The number of nitrogens with zero attached hydrogens (tertiary/aromatic N) is 1. The van der Waals surface area contributed by atoms with Crippen LogP contribution in [-0.2, 0) is 19.6 Å². The van der Waals surface area contributed by atoms with E-state index in [1.54, 1.807) is 0 Å². The number of sulfonamides is 1. The van der Waals surface area contributed by atoms with Crippen LogP contribution in [0.15, 0.2) is 29.2 Å². The predicted octanol–water partition coefficient (Wildman–Crippen LogP) is 1.55. The Bertz CT molecular complexity index is 803. The number of halogens is 3. The molecule has 1 aliphatic rings. The first-order valence-electron chi connectivity index (χ1n) is 8.08. The summed E-state index contributed by atoms with van der Waals surface area (Å²) in [7, 11) is -2.88. The molecule has 7 nitrogen and oxygen atoms in total. The highest BCUT2D eigenvalue weighted by Crippen LogP contribution is 2.26. The van der Waals surface area contributed by atoms with Gasteiger partial charge in [0.25, 0.3) is 0 Å². The zero-order chi connectivity index (χ0) is 20.2. The van der Waals surface area contributed by atoms with Crippen LogP contribution in [0.4, 0.5) is 13.2 Å². The number of methoxy groups -OCH3 is 1. The third-order valence-electron chi connectivity index (χ3n) is 4.20. The molecule has 0 unspecified atom stereocenters. The Morgan fingerprint density at radius 1 is 1.22 bits per heavy atom. The average Bonchev–Trinajstić information content (AvgIpc) is 2.65. The Kier molecular flexibility index (Phi) is 6.47. The molecular formula is C16H19F3N2O5S. The second-order valence-electron chi connectivity index (χ2n) is 6.00. The number of alkyl halides is 3. The zero-order valence-corrected chi connectivity index (χ0v) is 15.3. The lowest BCUT2D eigenvalue weighted by atomic mass is 9.97. The van der Waals surface area contributed by atoms with Crippen LogP contribution < -0.4 is 5.32 Å². The van der Waals surface area contributed by atoms with E-state index in [4.69, 9.17) is 0 Å². The second kappa shape index (κ2) is 8.26. The van der Waals surface area contributed by atoms with Crippen LogP contribution >= 0.6 is 0 Å². The lowest BCUT2D eigenvalue weighted by Crippen LogP contribution is -2.44. The highest BCUT2D eigenvalue weighted by molar-refractivity contribution is 7.89. The van der Waals surface area contributed by atoms with Gasteiger partial charge in [-0.1, -0.05) is 12.1 Å². The maximum Gasteiger partial charge on any atom is 0.405 e. The molecule has 1 aromatic carbocycles. The van der Waals surface area contributed by atoms with Gasteiger partial charge in [-0.3, -0.25) is 4.79 Å². The predicted molar refractivity (Wildman–Crippen MR) is 88.3 cm³/mol. The summed E-state index contributed by atoms with van der Waals surface area (Å²) in [6.45, 7) is -1.50. The molecule has 27 heavy (non-hydrogen) atoms. The molecule has 150 valence electrons. The van der Waals surface area contributed by atoms with Gasteiger partial charge in [-0.05, 0) is 25.0 Å². The van der Waals surface area contributed by atoms with E-state index in [2.05, 4.69) is 4.74 Å². The summed E-state index contributed by atoms with van der Waals surface area (Å²) in [6.07, 6.45) is -4.33. The molecule has 0 radical (unpaired) electrons. The fourth-order valence-corrected chi connectivity index (χ4v) is 4.45. The summed E-state index contributed by atoms with van der Waals surface area (Å²) >= 11 is 0. The van der Waals surface area contributed by atoms with E-state index < -0.39 is 40.5 Å². The lowest BCUT2D eigenvalue weighted by Gasteiger charge is -2.31. The maximum atomic E-state index is 12.8. The highest BCUT2D eigenvalue weighted by Gasteiger charge is 2.35. The van der Waals surface area contributed by atoms with Crippen molar-refractivity contribution in [1.82, 2.24) is 9.62 Å². The molecule has 1 N–H and O–H groups in total. The van der Waals surface area contributed by atoms with Crippen LogP contribution in [0.1, 0.15) is 23.2 Å². The summed E-state index contributed by atoms with van der Waals surface area (Å²) in [4.78, 5) is 23.4. The van der Waals surface area contributed by atoms with Crippen molar-refractivity contribution in [2.75, 3.05) is 26.7 Å². The number of piperidine rings is 1. The Labute approximate surface area is 154 Å². The molecule has 0 spiro atoms. The number of rotatable bonds is 5. The average molecular weight is 408 g/mol. The first kappa shape index (κ1) is 21.2. The molecule has 1 fully saturated rings. The van der Waals surface area contributed by atoms with E-state index in [0.717, 1.165) is 11.4 Å². The third-order valence-corrected chi connectivity index (χ3v) is 6.15. The number of esters is 1. The van der Waals surface area contributed by atoms with Gasteiger partial charge in [0.15, 0.2) is 0 Å². The van der Waals surface area contributed by atoms with Crippen LogP contribution in [0, 0.1) is 5.92 Å². The van der Waals surface area contributed by atoms with Gasteiger partial charge in [-0.25, -0.2) is 13.2 Å². The molecule has 1 saturated heterocycles. The molecule has 0 atom stereocenters. The van der Waals surface area contributed by atoms with Gasteiger partial charge < -0.3 is 10.1 Å². The van der Waals surface area contributed by atoms with Crippen LogP contribution in [0.25, 0.3) is 0 Å². The summed E-state index contributed by atoms with van der Waals surface area (Å²) in [6, 6.07) is 5.58. The van der Waals surface area contributed by atoms with E-state index in [0.29, 0.717) is 0 Å². The van der Waals surface area contributed by atoms with Crippen LogP contribution in [0.5, 0.6) is 0 Å². The molecular weight excluding hydrogens is 389 g/mol. The van der Waals surface area contributed by atoms with E-state index in [9.17, 15) is 31.2 Å². The number of carbonyl (C=O) groups is 2. The smallest absolute Gasteiger partial charge is 0.405 e. The summed E-state index contributed by atoms with van der Waals surface area (Å²) < 4.78 is 67.9. The molecule has 0 aromatic heterocycles. The minimum atomic E-state index is -4.50. The number of hydrogen-bond acceptors (Lipinski definition) is 5. The standard InChI is InChI=1S/C16H19F3N2O5S/c1-26-15(23)12-4-2-3-5-13(12)27(24,25)21-8-6-11(7-9-21)14(22)20-10-16(17,18)19/h2-5,11H,6-10H2,1H3,(H,20,22). The minimum absolute atomic E-state index is 0.0397. The fraction of sp³-hybridized carbons (Fsp3) is 0.500. The molecule has 0 bridgehead atoms. The monoisotopic (exact) mass is 408 g/mol. The molecule has 1 aromatic rings. The van der Waals surface area contributed by atoms with Crippen LogP contribution in [0.3, 0.4) is 0 Å². The molecule has 1 aliphatic heterocycles. The van der Waals surface area contributed by atoms with E-state index >= 15 is 0 Å². The van der Waals surface area contributed by atoms with Crippen molar-refractivity contribution in [3.63, 3.8) is 0 Å². The third kappa shape index (κ3) is 5.19. The van der Waals surface area contributed by atoms with Crippen LogP contribution in [-0.4, -0.2) is 57.5 Å². The van der Waals surface area contributed by atoms with Crippen molar-refractivity contribution in [3.8, 4) is 0 Å². The van der Waals surface area contributed by atoms with Gasteiger partial charge in [-0.15, -0.1) is 0 Å². The normalized spacial score (nSPS) is 16.7. The quantitative estimate of drug-likeness (QED) is 0.747. The largest absolute Gasteiger partial charge is 0.465 e. The van der Waals surface area contributed by atoms with Gasteiger partial charge >= 0.3 is 12.1 Å². The van der Waals surface area contributed by atoms with Gasteiger partial charge in [0.1, 0.15) is 6.54 Å². The molecule has 0 saturated carbocycles. The number of benzene rings is 1. The Morgan fingerprint density at radius 2 is 1.81 bits per heavy atom. The summed E-state index contributed by atoms with van der Waals surface area (Å²) in [5.74, 6) is -2.25. The van der Waals surface area contributed by atoms with Gasteiger partial charge in [0.05, 0.1) is 17.6 Å². The molecule has 2 rings (SSSR count). The number of nitrogens with one attached hydrogen (secondary N) is 1. The SMILES string of the molecule is COC(=O)c1ccccc1S(=O)(=O)N1CCC(C(=O)NCC(F)(F)F)CC1. The molecule has 11 heteroatoms. The van der Waals surface area contributed by atoms with Crippen molar-refractivity contribution in [2.45, 2.75) is 23.9 Å². The number of hydrogen-bond donors (Lipinski definition) is 1. The Balaban J connectivity index is 2.07. The fourth-order valence-electron chi connectivity index (χ4n) is 2.80. The van der Waals surface area contributed by atoms with Gasteiger partial charge in [-0.2, -0.15) is 17.5 Å². The van der Waals surface area contributed by atoms with Crippen molar-refractivity contribution < 1.29 is 35.9 Å². The zero-order valence-electron chi connectivity index (χ0n) is 14.5. The maximum absolute atomic E-state index is 12.8. The molecule has 1 amide bonds. The van der Waals surface area contributed by atoms with E-state index in [-0.39, 0.29) is 36.4 Å². The van der Waals surface area contributed by atoms with Gasteiger partial charge in [0.2, 0.25) is 15.9 Å². The second-order valence-corrected chi connectivity index (χ2v) is 7.91. The van der Waals surface area contributed by atoms with Crippen molar-refractivity contribution in [3.05, 3.63) is 29.8 Å². The van der Waals surface area contributed by atoms with Crippen molar-refractivity contribution in [2.24, 2.45) is 5.92 Å². The highest BCUT2D eigenvalue weighted by atomic mass is 32.2. The molecule has 1 heterocycles. The van der Waals surface area contributed by atoms with E-state index in [1.807, 2.05) is 5.32 Å². The van der Waals surface area contributed by atoms with Crippen molar-refractivity contribution >= 4 is 21.9 Å². The first-order valence-corrected chi connectivity index (χ1v) is 9.52. The van der Waals surface area contributed by atoms with Crippen LogP contribution in [0.2, 0.25) is 0 Å².